The Bertz CT molecular complexity index is 525. The van der Waals surface area contributed by atoms with Crippen molar-refractivity contribution >= 4 is 21.9 Å². The summed E-state index contributed by atoms with van der Waals surface area (Å²) in [6.45, 7) is 1.84. The molecule has 0 N–H and O–H groups in total. The number of likely N-dealkylation sites (tertiary alicyclic amines) is 1. The van der Waals surface area contributed by atoms with Gasteiger partial charge in [-0.05, 0) is 25.7 Å². The van der Waals surface area contributed by atoms with Gasteiger partial charge in [0.15, 0.2) is 0 Å². The maximum absolute atomic E-state index is 12.6. The van der Waals surface area contributed by atoms with Crippen LogP contribution in [0.3, 0.4) is 0 Å². The molecule has 2 saturated heterocycles. The van der Waals surface area contributed by atoms with Crippen molar-refractivity contribution in [2.75, 3.05) is 39.5 Å². The molecule has 0 bridgehead atoms. The number of carbonyl (C=O) groups excluding carboxylic acids is 2. The number of methoxy groups -OCH3 is 1. The van der Waals surface area contributed by atoms with E-state index in [0.717, 1.165) is 6.42 Å². The van der Waals surface area contributed by atoms with Crippen molar-refractivity contribution in [3.63, 3.8) is 0 Å². The van der Waals surface area contributed by atoms with Gasteiger partial charge in [0.25, 0.3) is 0 Å². The minimum atomic E-state index is -3.25. The van der Waals surface area contributed by atoms with Crippen molar-refractivity contribution < 1.29 is 22.7 Å². The highest BCUT2D eigenvalue weighted by Crippen LogP contribution is 2.24. The third kappa shape index (κ3) is 3.98. The molecule has 2 rings (SSSR count). The molecule has 0 spiro atoms. The predicted molar refractivity (Wildman–Crippen MR) is 80.5 cm³/mol. The number of piperidine rings is 2. The second kappa shape index (κ2) is 6.95. The first-order chi connectivity index (χ1) is 10.3. The standard InChI is InChI=1S/C14H24N2O5S/c1-21-14(18)11-5-8-15(9-6-11)13(17)12-4-3-7-16(10-12)22(2,19)20/h11-12H,3-10H2,1-2H3/t12-/m0/s1. The minimum Gasteiger partial charge on any atom is -0.469 e. The van der Waals surface area contributed by atoms with E-state index in [-0.39, 0.29) is 30.3 Å². The molecule has 0 unspecified atom stereocenters. The molecule has 0 radical (unpaired) electrons. The van der Waals surface area contributed by atoms with Crippen LogP contribution < -0.4 is 0 Å². The van der Waals surface area contributed by atoms with Crippen molar-refractivity contribution in [3.05, 3.63) is 0 Å². The molecule has 2 heterocycles. The molecule has 1 amide bonds. The summed E-state index contributed by atoms with van der Waals surface area (Å²) in [5.41, 5.74) is 0. The van der Waals surface area contributed by atoms with E-state index in [0.29, 0.717) is 38.9 Å². The summed E-state index contributed by atoms with van der Waals surface area (Å²) in [5.74, 6) is -0.601. The van der Waals surface area contributed by atoms with Gasteiger partial charge in [-0.3, -0.25) is 9.59 Å². The lowest BCUT2D eigenvalue weighted by molar-refractivity contribution is -0.149. The zero-order valence-electron chi connectivity index (χ0n) is 13.2. The summed E-state index contributed by atoms with van der Waals surface area (Å²) in [4.78, 5) is 25.8. The number of nitrogens with zero attached hydrogens (tertiary/aromatic N) is 2. The Balaban J connectivity index is 1.91. The van der Waals surface area contributed by atoms with E-state index < -0.39 is 10.0 Å². The quantitative estimate of drug-likeness (QED) is 0.683. The van der Waals surface area contributed by atoms with E-state index in [1.165, 1.54) is 17.7 Å². The number of rotatable bonds is 3. The van der Waals surface area contributed by atoms with E-state index >= 15 is 0 Å². The summed E-state index contributed by atoms with van der Waals surface area (Å²) in [5, 5.41) is 0. The summed E-state index contributed by atoms with van der Waals surface area (Å²) in [6.07, 6.45) is 3.84. The molecule has 0 aromatic carbocycles. The second-order valence-electron chi connectivity index (χ2n) is 6.08. The monoisotopic (exact) mass is 332 g/mol. The molecule has 0 saturated carbocycles. The van der Waals surface area contributed by atoms with Crippen LogP contribution in [0.2, 0.25) is 0 Å². The Kier molecular flexibility index (Phi) is 5.44. The summed E-state index contributed by atoms with van der Waals surface area (Å²) in [6, 6.07) is 0. The molecule has 0 aromatic rings. The molecular weight excluding hydrogens is 308 g/mol. The second-order valence-corrected chi connectivity index (χ2v) is 8.07. The van der Waals surface area contributed by atoms with Crippen LogP contribution in [0.1, 0.15) is 25.7 Å². The first-order valence-electron chi connectivity index (χ1n) is 7.64. The predicted octanol–water partition coefficient (Wildman–Crippen LogP) is 0.0696. The van der Waals surface area contributed by atoms with Gasteiger partial charge in [-0.25, -0.2) is 12.7 Å². The van der Waals surface area contributed by atoms with Crippen LogP contribution in [0, 0.1) is 11.8 Å². The molecule has 1 atom stereocenters. The summed E-state index contributed by atoms with van der Waals surface area (Å²) in [7, 11) is -1.87. The van der Waals surface area contributed by atoms with Crippen molar-refractivity contribution in [1.82, 2.24) is 9.21 Å². The molecule has 2 aliphatic heterocycles. The van der Waals surface area contributed by atoms with Gasteiger partial charge in [0.1, 0.15) is 0 Å². The maximum Gasteiger partial charge on any atom is 0.308 e. The SMILES string of the molecule is COC(=O)C1CCN(C(=O)[C@H]2CCCN(S(C)(=O)=O)C2)CC1. The fourth-order valence-electron chi connectivity index (χ4n) is 3.21. The van der Waals surface area contributed by atoms with Crippen LogP contribution in [0.4, 0.5) is 0 Å². The lowest BCUT2D eigenvalue weighted by atomic mass is 9.93. The topological polar surface area (TPSA) is 84.0 Å². The Morgan fingerprint density at radius 3 is 2.23 bits per heavy atom. The van der Waals surface area contributed by atoms with Gasteiger partial charge in [0, 0.05) is 26.2 Å². The van der Waals surface area contributed by atoms with Gasteiger partial charge >= 0.3 is 5.97 Å². The van der Waals surface area contributed by atoms with Gasteiger partial charge in [-0.2, -0.15) is 0 Å². The van der Waals surface area contributed by atoms with E-state index in [1.54, 1.807) is 4.90 Å². The Labute approximate surface area is 131 Å². The van der Waals surface area contributed by atoms with Crippen LogP contribution in [-0.2, 0) is 24.3 Å². The smallest absolute Gasteiger partial charge is 0.308 e. The zero-order chi connectivity index (χ0) is 16.3. The number of hydrogen-bond donors (Lipinski definition) is 0. The van der Waals surface area contributed by atoms with Gasteiger partial charge in [-0.1, -0.05) is 0 Å². The van der Waals surface area contributed by atoms with Crippen LogP contribution in [0.25, 0.3) is 0 Å². The highest BCUT2D eigenvalue weighted by atomic mass is 32.2. The number of carbonyl (C=O) groups is 2. The summed E-state index contributed by atoms with van der Waals surface area (Å²) < 4.78 is 29.4. The van der Waals surface area contributed by atoms with Gasteiger partial charge in [0.2, 0.25) is 15.9 Å². The van der Waals surface area contributed by atoms with E-state index in [1.807, 2.05) is 0 Å². The van der Waals surface area contributed by atoms with Gasteiger partial charge in [-0.15, -0.1) is 0 Å². The first-order valence-corrected chi connectivity index (χ1v) is 9.49. The summed E-state index contributed by atoms with van der Waals surface area (Å²) >= 11 is 0. The van der Waals surface area contributed by atoms with Crippen molar-refractivity contribution in [2.24, 2.45) is 11.8 Å². The fraction of sp³-hybridized carbons (Fsp3) is 0.857. The lowest BCUT2D eigenvalue weighted by Crippen LogP contribution is -2.48. The normalized spacial score (nSPS) is 25.0. The van der Waals surface area contributed by atoms with E-state index in [9.17, 15) is 18.0 Å². The Morgan fingerprint density at radius 1 is 1.05 bits per heavy atom. The largest absolute Gasteiger partial charge is 0.469 e. The third-order valence-corrected chi connectivity index (χ3v) is 5.81. The van der Waals surface area contributed by atoms with Crippen LogP contribution in [0.5, 0.6) is 0 Å². The average Bonchev–Trinajstić information content (AvgIpc) is 2.53. The highest BCUT2D eigenvalue weighted by Gasteiger charge is 2.35. The molecule has 22 heavy (non-hydrogen) atoms. The van der Waals surface area contributed by atoms with Crippen LogP contribution in [-0.4, -0.2) is 69.0 Å². The molecule has 7 nitrogen and oxygen atoms in total. The first kappa shape index (κ1) is 17.2. The average molecular weight is 332 g/mol. The minimum absolute atomic E-state index is 0.0108. The number of sulfonamides is 1. The molecule has 0 aromatic heterocycles. The number of esters is 1. The Hall–Kier alpha value is -1.15. The van der Waals surface area contributed by atoms with Gasteiger partial charge < -0.3 is 9.64 Å². The van der Waals surface area contributed by atoms with Crippen LogP contribution >= 0.6 is 0 Å². The molecule has 8 heteroatoms. The lowest BCUT2D eigenvalue weighted by Gasteiger charge is -2.36. The van der Waals surface area contributed by atoms with Crippen molar-refractivity contribution in [1.29, 1.82) is 0 Å². The number of ether oxygens (including phenoxy) is 1. The molecule has 2 aliphatic rings. The van der Waals surface area contributed by atoms with Crippen molar-refractivity contribution in [3.8, 4) is 0 Å². The highest BCUT2D eigenvalue weighted by molar-refractivity contribution is 7.88. The van der Waals surface area contributed by atoms with Crippen LogP contribution in [0.15, 0.2) is 0 Å². The molecule has 2 fully saturated rings. The number of hydrogen-bond acceptors (Lipinski definition) is 5. The van der Waals surface area contributed by atoms with E-state index in [2.05, 4.69) is 0 Å². The molecular formula is C14H24N2O5S. The molecule has 126 valence electrons. The molecule has 0 aliphatic carbocycles. The van der Waals surface area contributed by atoms with Gasteiger partial charge in [0.05, 0.1) is 25.2 Å². The maximum atomic E-state index is 12.6. The third-order valence-electron chi connectivity index (χ3n) is 4.54. The fourth-order valence-corrected chi connectivity index (χ4v) is 4.12. The Morgan fingerprint density at radius 2 is 1.68 bits per heavy atom. The van der Waals surface area contributed by atoms with E-state index in [4.69, 9.17) is 4.74 Å². The number of amides is 1. The zero-order valence-corrected chi connectivity index (χ0v) is 14.0. The van der Waals surface area contributed by atoms with Crippen molar-refractivity contribution in [2.45, 2.75) is 25.7 Å².